The van der Waals surface area contributed by atoms with Crippen LogP contribution < -0.4 is 4.74 Å². The molecule has 1 N–H and O–H groups in total. The summed E-state index contributed by atoms with van der Waals surface area (Å²) in [7, 11) is 0. The molecule has 0 bridgehead atoms. The monoisotopic (exact) mass is 264 g/mol. The van der Waals surface area contributed by atoms with E-state index >= 15 is 0 Å². The van der Waals surface area contributed by atoms with Crippen LogP contribution in [0, 0.1) is 11.3 Å². The van der Waals surface area contributed by atoms with Gasteiger partial charge in [-0.25, -0.2) is 0 Å². The van der Waals surface area contributed by atoms with Gasteiger partial charge >= 0.3 is 5.97 Å². The summed E-state index contributed by atoms with van der Waals surface area (Å²) in [6.07, 6.45) is 1.17. The highest BCUT2D eigenvalue weighted by atomic mass is 16.5. The van der Waals surface area contributed by atoms with Gasteiger partial charge < -0.3 is 9.84 Å². The van der Waals surface area contributed by atoms with Crippen LogP contribution in [0.1, 0.15) is 39.7 Å². The fourth-order valence-electron chi connectivity index (χ4n) is 1.93. The molecule has 0 aliphatic carbocycles. The van der Waals surface area contributed by atoms with Crippen LogP contribution in [0.15, 0.2) is 24.3 Å². The minimum absolute atomic E-state index is 0.110. The molecule has 3 heteroatoms. The summed E-state index contributed by atoms with van der Waals surface area (Å²) < 4.78 is 5.67. The first-order valence-electron chi connectivity index (χ1n) is 6.72. The summed E-state index contributed by atoms with van der Waals surface area (Å²) in [5.74, 6) is 0.646. The lowest BCUT2D eigenvalue weighted by atomic mass is 9.91. The lowest BCUT2D eigenvalue weighted by Gasteiger charge is -2.22. The van der Waals surface area contributed by atoms with E-state index in [1.54, 1.807) is 0 Å². The van der Waals surface area contributed by atoms with Crippen LogP contribution in [0.3, 0.4) is 0 Å². The fraction of sp³-hybridized carbons (Fsp3) is 0.562. The third-order valence-electron chi connectivity index (χ3n) is 2.83. The van der Waals surface area contributed by atoms with Crippen molar-refractivity contribution in [1.29, 1.82) is 0 Å². The summed E-state index contributed by atoms with van der Waals surface area (Å²) in [4.78, 5) is 10.7. The van der Waals surface area contributed by atoms with Gasteiger partial charge in [-0.3, -0.25) is 4.79 Å². The van der Waals surface area contributed by atoms with E-state index in [9.17, 15) is 4.79 Å². The zero-order valence-corrected chi connectivity index (χ0v) is 12.3. The highest BCUT2D eigenvalue weighted by Crippen LogP contribution is 2.23. The maximum Gasteiger partial charge on any atom is 0.304 e. The van der Waals surface area contributed by atoms with Crippen molar-refractivity contribution in [3.8, 4) is 5.75 Å². The molecular formula is C16H24O3. The summed E-state index contributed by atoms with van der Waals surface area (Å²) >= 11 is 0. The van der Waals surface area contributed by atoms with Gasteiger partial charge in [-0.1, -0.05) is 39.8 Å². The fourth-order valence-corrected chi connectivity index (χ4v) is 1.93. The van der Waals surface area contributed by atoms with Gasteiger partial charge in [0.15, 0.2) is 0 Å². The Morgan fingerprint density at radius 1 is 1.26 bits per heavy atom. The van der Waals surface area contributed by atoms with E-state index in [1.807, 2.05) is 26.0 Å². The van der Waals surface area contributed by atoms with Crippen molar-refractivity contribution in [2.45, 2.75) is 40.5 Å². The quantitative estimate of drug-likeness (QED) is 0.815. The Morgan fingerprint density at radius 3 is 2.32 bits per heavy atom. The molecule has 3 nitrogen and oxygen atoms in total. The van der Waals surface area contributed by atoms with Gasteiger partial charge in [0.05, 0.1) is 13.0 Å². The molecule has 0 amide bonds. The van der Waals surface area contributed by atoms with Crippen LogP contribution in [-0.2, 0) is 11.2 Å². The number of benzene rings is 1. The van der Waals surface area contributed by atoms with Gasteiger partial charge in [0.2, 0.25) is 0 Å². The van der Waals surface area contributed by atoms with Crippen molar-refractivity contribution >= 4 is 5.97 Å². The van der Waals surface area contributed by atoms with E-state index in [4.69, 9.17) is 9.84 Å². The molecule has 106 valence electrons. The van der Waals surface area contributed by atoms with E-state index in [-0.39, 0.29) is 11.8 Å². The molecule has 19 heavy (non-hydrogen) atoms. The zero-order valence-electron chi connectivity index (χ0n) is 12.3. The molecule has 0 saturated heterocycles. The van der Waals surface area contributed by atoms with Crippen molar-refractivity contribution in [2.75, 3.05) is 6.61 Å². The maximum absolute atomic E-state index is 10.7. The SMILES string of the molecule is CC(C)Cc1ccc(OCC(C)(C)CC(=O)O)cc1. The first-order chi connectivity index (χ1) is 8.78. The Morgan fingerprint density at radius 2 is 1.84 bits per heavy atom. The third kappa shape index (κ3) is 6.27. The number of carbonyl (C=O) groups is 1. The highest BCUT2D eigenvalue weighted by molar-refractivity contribution is 5.67. The Hall–Kier alpha value is -1.51. The standard InChI is InChI=1S/C16H24O3/c1-12(2)9-13-5-7-14(8-6-13)19-11-16(3,4)10-15(17)18/h5-8,12H,9-11H2,1-4H3,(H,17,18). The summed E-state index contributed by atoms with van der Waals surface area (Å²) in [5.41, 5.74) is 0.940. The molecule has 0 aliphatic rings. The van der Waals surface area contributed by atoms with Crippen molar-refractivity contribution in [3.05, 3.63) is 29.8 Å². The molecule has 0 unspecified atom stereocenters. The molecule has 0 aliphatic heterocycles. The third-order valence-corrected chi connectivity index (χ3v) is 2.83. The van der Waals surface area contributed by atoms with Gasteiger partial charge in [-0.2, -0.15) is 0 Å². The molecule has 0 fully saturated rings. The number of hydrogen-bond acceptors (Lipinski definition) is 2. The van der Waals surface area contributed by atoms with Crippen LogP contribution >= 0.6 is 0 Å². The lowest BCUT2D eigenvalue weighted by molar-refractivity contribution is -0.139. The molecule has 1 rings (SSSR count). The number of ether oxygens (including phenoxy) is 1. The van der Waals surface area contributed by atoms with Gasteiger partial charge in [0.1, 0.15) is 5.75 Å². The maximum atomic E-state index is 10.7. The van der Waals surface area contributed by atoms with E-state index in [2.05, 4.69) is 26.0 Å². The minimum Gasteiger partial charge on any atom is -0.493 e. The largest absolute Gasteiger partial charge is 0.493 e. The Balaban J connectivity index is 2.52. The van der Waals surface area contributed by atoms with Gasteiger partial charge in [0.25, 0.3) is 0 Å². The average Bonchev–Trinajstić information content (AvgIpc) is 2.25. The first-order valence-corrected chi connectivity index (χ1v) is 6.72. The molecule has 1 aromatic carbocycles. The second-order valence-corrected chi connectivity index (χ2v) is 6.27. The molecule has 0 spiro atoms. The van der Waals surface area contributed by atoms with Crippen molar-refractivity contribution in [3.63, 3.8) is 0 Å². The van der Waals surface area contributed by atoms with E-state index in [0.717, 1.165) is 12.2 Å². The molecule has 1 aromatic rings. The highest BCUT2D eigenvalue weighted by Gasteiger charge is 2.22. The van der Waals surface area contributed by atoms with Crippen molar-refractivity contribution in [2.24, 2.45) is 11.3 Å². The van der Waals surface area contributed by atoms with Crippen molar-refractivity contribution in [1.82, 2.24) is 0 Å². The summed E-state index contributed by atoms with van der Waals surface area (Å²) in [6, 6.07) is 8.04. The summed E-state index contributed by atoms with van der Waals surface area (Å²) in [6.45, 7) is 8.59. The number of rotatable bonds is 7. The predicted molar refractivity (Wildman–Crippen MR) is 76.5 cm³/mol. The van der Waals surface area contributed by atoms with E-state index in [1.165, 1.54) is 5.56 Å². The van der Waals surface area contributed by atoms with Crippen LogP contribution in [0.2, 0.25) is 0 Å². The predicted octanol–water partition coefficient (Wildman–Crippen LogP) is 3.76. The molecular weight excluding hydrogens is 240 g/mol. The topological polar surface area (TPSA) is 46.5 Å². The Labute approximate surface area is 115 Å². The second-order valence-electron chi connectivity index (χ2n) is 6.27. The molecule has 0 saturated carbocycles. The first kappa shape index (κ1) is 15.5. The average molecular weight is 264 g/mol. The Kier molecular flexibility index (Phi) is 5.40. The molecule has 0 heterocycles. The molecule has 0 radical (unpaired) electrons. The number of carboxylic acid groups (broad SMARTS) is 1. The van der Waals surface area contributed by atoms with Gasteiger partial charge in [-0.15, -0.1) is 0 Å². The molecule has 0 aromatic heterocycles. The lowest BCUT2D eigenvalue weighted by Crippen LogP contribution is -2.24. The molecule has 0 atom stereocenters. The van der Waals surface area contributed by atoms with E-state index in [0.29, 0.717) is 12.5 Å². The van der Waals surface area contributed by atoms with Gasteiger partial charge in [-0.05, 0) is 30.0 Å². The van der Waals surface area contributed by atoms with Crippen LogP contribution in [0.5, 0.6) is 5.75 Å². The number of hydrogen-bond donors (Lipinski definition) is 1. The van der Waals surface area contributed by atoms with Crippen LogP contribution in [-0.4, -0.2) is 17.7 Å². The smallest absolute Gasteiger partial charge is 0.304 e. The van der Waals surface area contributed by atoms with Crippen LogP contribution in [0.25, 0.3) is 0 Å². The zero-order chi connectivity index (χ0) is 14.5. The Bertz CT molecular complexity index is 405. The number of aliphatic carboxylic acids is 1. The normalized spacial score (nSPS) is 11.6. The van der Waals surface area contributed by atoms with Crippen molar-refractivity contribution < 1.29 is 14.6 Å². The van der Waals surface area contributed by atoms with Crippen LogP contribution in [0.4, 0.5) is 0 Å². The second kappa shape index (κ2) is 6.60. The number of carboxylic acids is 1. The van der Waals surface area contributed by atoms with E-state index < -0.39 is 5.97 Å². The minimum atomic E-state index is -0.791. The van der Waals surface area contributed by atoms with Gasteiger partial charge in [0, 0.05) is 5.41 Å². The summed E-state index contributed by atoms with van der Waals surface area (Å²) in [5, 5.41) is 8.81.